The van der Waals surface area contributed by atoms with E-state index in [2.05, 4.69) is 4.90 Å². The number of amides is 2. The van der Waals surface area contributed by atoms with Gasteiger partial charge >= 0.3 is 5.97 Å². The van der Waals surface area contributed by atoms with Crippen molar-refractivity contribution in [1.29, 1.82) is 0 Å². The van der Waals surface area contributed by atoms with Crippen molar-refractivity contribution >= 4 is 27.1 Å². The molecule has 0 spiro atoms. The van der Waals surface area contributed by atoms with Crippen LogP contribution in [0.2, 0.25) is 0 Å². The molecule has 0 aromatic heterocycles. The normalized spacial score (nSPS) is 30.8. The molecule has 1 aromatic carbocycles. The minimum atomic E-state index is -2.57. The lowest BCUT2D eigenvalue weighted by atomic mass is 9.98. The van der Waals surface area contributed by atoms with Crippen molar-refractivity contribution < 1.29 is 29.3 Å². The first-order valence-corrected chi connectivity index (χ1v) is 13.2. The SMILES string of the molecule is CC1(C)[C@H](C(=O)O)N2C(=O)C[C@H]2S1(CO)C(=O)N(CCN1CCOCC1)Cc1ccccc1. The molecule has 3 heterocycles. The van der Waals surface area contributed by atoms with E-state index in [1.807, 2.05) is 30.3 Å². The molecule has 2 N–H and O–H groups in total. The molecule has 0 aliphatic carbocycles. The van der Waals surface area contributed by atoms with E-state index in [9.17, 15) is 24.6 Å². The Kier molecular flexibility index (Phi) is 6.73. The highest BCUT2D eigenvalue weighted by atomic mass is 32.3. The number of hydrogen-bond donors (Lipinski definition) is 2. The van der Waals surface area contributed by atoms with Crippen molar-refractivity contribution in [2.75, 3.05) is 45.3 Å². The maximum Gasteiger partial charge on any atom is 0.327 e. The molecule has 3 aliphatic heterocycles. The first kappa shape index (κ1) is 24.0. The Morgan fingerprint density at radius 1 is 1.21 bits per heavy atom. The van der Waals surface area contributed by atoms with Gasteiger partial charge in [-0.2, -0.15) is 0 Å². The first-order chi connectivity index (χ1) is 15.7. The predicted octanol–water partition coefficient (Wildman–Crippen LogP) is 1.50. The Hall–Kier alpha value is -2.14. The smallest absolute Gasteiger partial charge is 0.327 e. The van der Waals surface area contributed by atoms with Crippen LogP contribution in [0.5, 0.6) is 0 Å². The van der Waals surface area contributed by atoms with E-state index in [0.29, 0.717) is 32.8 Å². The highest BCUT2D eigenvalue weighted by Gasteiger charge is 2.71. The Bertz CT molecular complexity index is 907. The summed E-state index contributed by atoms with van der Waals surface area (Å²) < 4.78 is 4.37. The zero-order valence-corrected chi connectivity index (χ0v) is 20.0. The second-order valence-electron chi connectivity index (χ2n) is 9.35. The highest BCUT2D eigenvalue weighted by Crippen LogP contribution is 2.74. The number of carbonyl (C=O) groups is 3. The fraction of sp³-hybridized carbons (Fsp3) is 0.609. The van der Waals surface area contributed by atoms with Gasteiger partial charge in [0.2, 0.25) is 5.91 Å². The number of aliphatic carboxylic acids is 1. The average molecular weight is 480 g/mol. The van der Waals surface area contributed by atoms with Crippen molar-refractivity contribution in [3.05, 3.63) is 35.9 Å². The van der Waals surface area contributed by atoms with Gasteiger partial charge in [0.25, 0.3) is 5.24 Å². The summed E-state index contributed by atoms with van der Waals surface area (Å²) in [5, 5.41) is 19.9. The summed E-state index contributed by atoms with van der Waals surface area (Å²) in [4.78, 5) is 44.2. The van der Waals surface area contributed by atoms with Gasteiger partial charge in [-0.05, 0) is 19.4 Å². The van der Waals surface area contributed by atoms with Crippen LogP contribution >= 0.6 is 10.0 Å². The van der Waals surface area contributed by atoms with Crippen molar-refractivity contribution in [2.45, 2.75) is 43.0 Å². The number of ether oxygens (including phenoxy) is 1. The maximum absolute atomic E-state index is 14.3. The van der Waals surface area contributed by atoms with Gasteiger partial charge < -0.3 is 24.7 Å². The van der Waals surface area contributed by atoms with Gasteiger partial charge in [0.1, 0.15) is 6.04 Å². The van der Waals surface area contributed by atoms with Gasteiger partial charge in [0.05, 0.1) is 30.9 Å². The number of benzene rings is 1. The van der Waals surface area contributed by atoms with Crippen LogP contribution in [0.4, 0.5) is 4.79 Å². The van der Waals surface area contributed by atoms with Crippen molar-refractivity contribution in [2.24, 2.45) is 0 Å². The molecule has 1 unspecified atom stereocenters. The van der Waals surface area contributed by atoms with Crippen LogP contribution in [-0.2, 0) is 20.9 Å². The number of carboxylic acid groups (broad SMARTS) is 1. The summed E-state index contributed by atoms with van der Waals surface area (Å²) in [6, 6.07) is 8.54. The van der Waals surface area contributed by atoms with Gasteiger partial charge in [-0.1, -0.05) is 30.3 Å². The minimum Gasteiger partial charge on any atom is -0.480 e. The number of β-lactam (4-membered cyclic amide) rings is 1. The highest BCUT2D eigenvalue weighted by molar-refractivity contribution is 8.46. The Morgan fingerprint density at radius 2 is 1.88 bits per heavy atom. The molecule has 4 rings (SSSR count). The van der Waals surface area contributed by atoms with Gasteiger partial charge in [-0.3, -0.25) is 14.5 Å². The topological polar surface area (TPSA) is 111 Å². The summed E-state index contributed by atoms with van der Waals surface area (Å²) in [6.07, 6.45) is 0.109. The number of carbonyl (C=O) groups excluding carboxylic acids is 2. The van der Waals surface area contributed by atoms with Gasteiger partial charge in [0, 0.05) is 37.5 Å². The second kappa shape index (κ2) is 9.25. The lowest BCUT2D eigenvalue weighted by Gasteiger charge is -2.51. The van der Waals surface area contributed by atoms with Gasteiger partial charge in [-0.15, -0.1) is 10.0 Å². The van der Waals surface area contributed by atoms with Crippen LogP contribution in [0.1, 0.15) is 25.8 Å². The quantitative estimate of drug-likeness (QED) is 0.570. The summed E-state index contributed by atoms with van der Waals surface area (Å²) in [5.74, 6) is -1.82. The van der Waals surface area contributed by atoms with Crippen LogP contribution in [0.3, 0.4) is 0 Å². The molecule has 10 heteroatoms. The number of rotatable bonds is 7. The van der Waals surface area contributed by atoms with Crippen LogP contribution in [0, 0.1) is 0 Å². The van der Waals surface area contributed by atoms with E-state index in [-0.39, 0.29) is 17.6 Å². The van der Waals surface area contributed by atoms with E-state index in [1.54, 1.807) is 18.7 Å². The second-order valence-corrected chi connectivity index (χ2v) is 13.1. The maximum atomic E-state index is 14.3. The third-order valence-corrected chi connectivity index (χ3v) is 12.0. The number of carboxylic acids is 1. The minimum absolute atomic E-state index is 0.109. The van der Waals surface area contributed by atoms with Crippen LogP contribution in [0.25, 0.3) is 0 Å². The van der Waals surface area contributed by atoms with Crippen LogP contribution in [-0.4, -0.2) is 104 Å². The van der Waals surface area contributed by atoms with Crippen LogP contribution in [0.15, 0.2) is 30.3 Å². The lowest BCUT2D eigenvalue weighted by molar-refractivity contribution is -0.157. The summed E-state index contributed by atoms with van der Waals surface area (Å²) in [7, 11) is -2.57. The molecule has 33 heavy (non-hydrogen) atoms. The molecular formula is C23H33N3O6S. The molecule has 182 valence electrons. The number of hydrogen-bond acceptors (Lipinski definition) is 6. The monoisotopic (exact) mass is 479 g/mol. The van der Waals surface area contributed by atoms with Crippen molar-refractivity contribution in [1.82, 2.24) is 14.7 Å². The molecule has 3 atom stereocenters. The lowest BCUT2D eigenvalue weighted by Crippen LogP contribution is -2.57. The van der Waals surface area contributed by atoms with Crippen LogP contribution < -0.4 is 0 Å². The van der Waals surface area contributed by atoms with Crippen molar-refractivity contribution in [3.63, 3.8) is 0 Å². The third-order valence-electron chi connectivity index (χ3n) is 7.30. The number of fused-ring (bicyclic) bond motifs is 1. The number of aliphatic hydroxyl groups is 1. The number of nitrogens with zero attached hydrogens (tertiary/aromatic N) is 3. The fourth-order valence-electron chi connectivity index (χ4n) is 5.35. The molecule has 0 saturated carbocycles. The standard InChI is InChI=1S/C23H33N3O6S/c1-23(2)20(21(29)30)26-18(28)14-19(26)33(23,16-27)22(31)25(15-17-6-4-3-5-7-17)9-8-24-10-12-32-13-11-24/h3-7,19-20,27H,8-16H2,1-2H3,(H,29,30)/t19-,20+/m1/s1. The van der Waals surface area contributed by atoms with E-state index < -0.39 is 38.1 Å². The number of morpholine rings is 1. The Labute approximate surface area is 195 Å². The summed E-state index contributed by atoms with van der Waals surface area (Å²) >= 11 is 0. The zero-order valence-electron chi connectivity index (χ0n) is 19.2. The molecule has 3 fully saturated rings. The van der Waals surface area contributed by atoms with E-state index >= 15 is 0 Å². The first-order valence-electron chi connectivity index (χ1n) is 11.3. The van der Waals surface area contributed by atoms with Gasteiger partial charge in [0.15, 0.2) is 0 Å². The largest absolute Gasteiger partial charge is 0.480 e. The molecule has 1 aromatic rings. The predicted molar refractivity (Wildman–Crippen MR) is 125 cm³/mol. The van der Waals surface area contributed by atoms with E-state index in [1.165, 1.54) is 4.90 Å². The summed E-state index contributed by atoms with van der Waals surface area (Å²) in [5.41, 5.74) is 0.965. The molecule has 0 radical (unpaired) electrons. The number of aliphatic hydroxyl groups excluding tert-OH is 1. The molecule has 0 bridgehead atoms. The fourth-order valence-corrected chi connectivity index (χ4v) is 9.64. The van der Waals surface area contributed by atoms with Gasteiger partial charge in [-0.25, -0.2) is 4.79 Å². The average Bonchev–Trinajstić information content (AvgIpc) is 2.97. The molecule has 3 aliphatic rings. The Balaban J connectivity index is 1.66. The third kappa shape index (κ3) is 3.92. The molecular weight excluding hydrogens is 446 g/mol. The van der Waals surface area contributed by atoms with E-state index in [0.717, 1.165) is 18.7 Å². The molecule has 2 amide bonds. The molecule has 3 saturated heterocycles. The Morgan fingerprint density at radius 3 is 2.42 bits per heavy atom. The van der Waals surface area contributed by atoms with Crippen molar-refractivity contribution in [3.8, 4) is 0 Å². The zero-order chi connectivity index (χ0) is 23.8. The van der Waals surface area contributed by atoms with E-state index in [4.69, 9.17) is 4.74 Å². The summed E-state index contributed by atoms with van der Waals surface area (Å²) in [6.45, 7) is 7.85. The molecule has 9 nitrogen and oxygen atoms in total.